The van der Waals surface area contributed by atoms with Gasteiger partial charge in [0, 0.05) is 11.4 Å². The van der Waals surface area contributed by atoms with Gasteiger partial charge in [-0.1, -0.05) is 24.3 Å². The minimum atomic E-state index is -4.52. The average molecular weight is 378 g/mol. The van der Waals surface area contributed by atoms with Crippen molar-refractivity contribution in [3.8, 4) is 0 Å². The minimum absolute atomic E-state index is 0. The maximum atomic E-state index is 11.4. The predicted octanol–water partition coefficient (Wildman–Crippen LogP) is 0.866. The second kappa shape index (κ2) is 7.61. The Hall–Kier alpha value is -1.80. The number of rotatable bonds is 4. The molecule has 8 nitrogen and oxygen atoms in total. The fraction of sp³-hybridized carbons (Fsp3) is 0. The molecule has 25 heavy (non-hydrogen) atoms. The molecule has 2 aromatic carbocycles. The summed E-state index contributed by atoms with van der Waals surface area (Å²) in [5.41, 5.74) is 11.4. The van der Waals surface area contributed by atoms with E-state index in [4.69, 9.17) is 11.5 Å². The van der Waals surface area contributed by atoms with Crippen molar-refractivity contribution < 1.29 is 25.9 Å². The monoisotopic (exact) mass is 378 g/mol. The Balaban J connectivity index is 0.00000312. The molecule has 0 aliphatic rings. The molecule has 6 N–H and O–H groups in total. The van der Waals surface area contributed by atoms with Crippen LogP contribution in [0.5, 0.6) is 0 Å². The Morgan fingerprint density at radius 3 is 1.32 bits per heavy atom. The van der Waals surface area contributed by atoms with Crippen molar-refractivity contribution in [1.29, 1.82) is 0 Å². The van der Waals surface area contributed by atoms with Crippen LogP contribution < -0.4 is 11.5 Å². The van der Waals surface area contributed by atoms with Crippen LogP contribution in [0.4, 0.5) is 11.4 Å². The fourth-order valence-corrected chi connectivity index (χ4v) is 3.44. The summed E-state index contributed by atoms with van der Waals surface area (Å²) in [6.07, 6.45) is 2.53. The SMILES string of the molecule is Nc1ccc(C=Cc2ccc(N)cc2S(=O)(=O)O)c(S(=O)(=O)O)c1.[LiH]. The molecule has 0 saturated carbocycles. The van der Waals surface area contributed by atoms with Crippen molar-refractivity contribution in [1.82, 2.24) is 0 Å². The molecule has 11 heteroatoms. The molecule has 0 bridgehead atoms. The van der Waals surface area contributed by atoms with E-state index in [1.807, 2.05) is 0 Å². The molecular weight excluding hydrogens is 363 g/mol. The number of anilines is 2. The van der Waals surface area contributed by atoms with E-state index in [1.165, 1.54) is 36.4 Å². The number of nitrogens with two attached hydrogens (primary N) is 2. The van der Waals surface area contributed by atoms with E-state index >= 15 is 0 Å². The van der Waals surface area contributed by atoms with Gasteiger partial charge in [-0.15, -0.1) is 0 Å². The van der Waals surface area contributed by atoms with Crippen LogP contribution in [0.25, 0.3) is 12.2 Å². The van der Waals surface area contributed by atoms with Gasteiger partial charge in [0.1, 0.15) is 9.79 Å². The Morgan fingerprint density at radius 2 is 1.04 bits per heavy atom. The van der Waals surface area contributed by atoms with E-state index in [2.05, 4.69) is 0 Å². The first-order valence-corrected chi connectivity index (χ1v) is 9.28. The van der Waals surface area contributed by atoms with Gasteiger partial charge in [0.25, 0.3) is 20.2 Å². The Kier molecular flexibility index (Phi) is 6.47. The predicted molar refractivity (Wildman–Crippen MR) is 97.4 cm³/mol. The third-order valence-corrected chi connectivity index (χ3v) is 4.89. The average Bonchev–Trinajstić information content (AvgIpc) is 2.45. The van der Waals surface area contributed by atoms with Crippen molar-refractivity contribution in [3.63, 3.8) is 0 Å². The van der Waals surface area contributed by atoms with Gasteiger partial charge in [0.2, 0.25) is 0 Å². The molecule has 0 aliphatic carbocycles. The molecule has 0 fully saturated rings. The summed E-state index contributed by atoms with van der Waals surface area (Å²) in [5, 5.41) is 0. The Bertz CT molecular complexity index is 950. The third kappa shape index (κ3) is 5.34. The van der Waals surface area contributed by atoms with Gasteiger partial charge in [-0.2, -0.15) is 16.8 Å². The summed E-state index contributed by atoms with van der Waals surface area (Å²) in [6, 6.07) is 7.67. The number of nitrogen functional groups attached to an aromatic ring is 2. The molecule has 130 valence electrons. The van der Waals surface area contributed by atoms with Gasteiger partial charge >= 0.3 is 18.9 Å². The van der Waals surface area contributed by atoms with Crippen LogP contribution in [-0.2, 0) is 20.2 Å². The normalized spacial score (nSPS) is 12.1. The van der Waals surface area contributed by atoms with Crippen LogP contribution >= 0.6 is 0 Å². The molecule has 0 radical (unpaired) electrons. The third-order valence-electron chi connectivity index (χ3n) is 3.07. The first kappa shape index (κ1) is 21.2. The van der Waals surface area contributed by atoms with Crippen LogP contribution in [-0.4, -0.2) is 44.8 Å². The van der Waals surface area contributed by atoms with Gasteiger partial charge < -0.3 is 11.5 Å². The number of hydrogen-bond donors (Lipinski definition) is 4. The Morgan fingerprint density at radius 1 is 0.720 bits per heavy atom. The van der Waals surface area contributed by atoms with Gasteiger partial charge in [-0.3, -0.25) is 9.11 Å². The summed E-state index contributed by atoms with van der Waals surface area (Å²) >= 11 is 0. The van der Waals surface area contributed by atoms with Crippen molar-refractivity contribution in [2.24, 2.45) is 0 Å². The molecule has 0 saturated heterocycles. The first-order valence-electron chi connectivity index (χ1n) is 6.40. The van der Waals surface area contributed by atoms with Crippen LogP contribution in [0.1, 0.15) is 11.1 Å². The first-order chi connectivity index (χ1) is 11.0. The topological polar surface area (TPSA) is 161 Å². The maximum absolute atomic E-state index is 11.4. The molecule has 2 rings (SSSR count). The molecule has 0 aromatic heterocycles. The summed E-state index contributed by atoms with van der Waals surface area (Å²) in [6.45, 7) is 0. The summed E-state index contributed by atoms with van der Waals surface area (Å²) in [7, 11) is -9.05. The molecule has 0 heterocycles. The van der Waals surface area contributed by atoms with E-state index in [0.717, 1.165) is 12.1 Å². The molecule has 0 atom stereocenters. The van der Waals surface area contributed by atoms with Gasteiger partial charge in [0.15, 0.2) is 0 Å². The van der Waals surface area contributed by atoms with E-state index < -0.39 is 30.0 Å². The van der Waals surface area contributed by atoms with Crippen LogP contribution in [0.2, 0.25) is 0 Å². The van der Waals surface area contributed by atoms with Gasteiger partial charge in [0.05, 0.1) is 0 Å². The second-order valence-electron chi connectivity index (χ2n) is 4.88. The van der Waals surface area contributed by atoms with E-state index in [0.29, 0.717) is 0 Å². The summed E-state index contributed by atoms with van der Waals surface area (Å²) < 4.78 is 64.1. The molecule has 0 unspecified atom stereocenters. The molecule has 0 spiro atoms. The molecule has 0 amide bonds. The molecular formula is C14H15LiN2O6S2. The van der Waals surface area contributed by atoms with Crippen molar-refractivity contribution >= 4 is 62.6 Å². The van der Waals surface area contributed by atoms with Crippen molar-refractivity contribution in [2.45, 2.75) is 9.79 Å². The number of hydrogen-bond acceptors (Lipinski definition) is 6. The zero-order valence-electron chi connectivity index (χ0n) is 12.1. The summed E-state index contributed by atoms with van der Waals surface area (Å²) in [4.78, 5) is -0.856. The van der Waals surface area contributed by atoms with E-state index in [1.54, 1.807) is 0 Å². The van der Waals surface area contributed by atoms with Crippen LogP contribution in [0.15, 0.2) is 46.2 Å². The zero-order valence-corrected chi connectivity index (χ0v) is 13.8. The van der Waals surface area contributed by atoms with Gasteiger partial charge in [-0.05, 0) is 35.4 Å². The van der Waals surface area contributed by atoms with E-state index in [9.17, 15) is 25.9 Å². The van der Waals surface area contributed by atoms with Crippen LogP contribution in [0, 0.1) is 0 Å². The van der Waals surface area contributed by atoms with Crippen LogP contribution in [0.3, 0.4) is 0 Å². The zero-order chi connectivity index (χ0) is 18.1. The number of benzene rings is 2. The second-order valence-corrected chi connectivity index (χ2v) is 7.66. The van der Waals surface area contributed by atoms with E-state index in [-0.39, 0.29) is 41.4 Å². The van der Waals surface area contributed by atoms with Crippen molar-refractivity contribution in [3.05, 3.63) is 47.5 Å². The summed E-state index contributed by atoms with van der Waals surface area (Å²) in [5.74, 6) is 0. The molecule has 2 aromatic rings. The molecule has 0 aliphatic heterocycles. The van der Waals surface area contributed by atoms with Gasteiger partial charge in [-0.25, -0.2) is 0 Å². The Labute approximate surface area is 157 Å². The standard InChI is InChI=1S/C14H14N2O6S2.Li.H/c15-11-5-3-9(13(7-11)23(17,18)19)1-2-10-4-6-12(16)8-14(10)24(20,21)22;;/h1-8H,15-16H2,(H,17,18,19)(H,20,21,22);;. The van der Waals surface area contributed by atoms with Crippen molar-refractivity contribution in [2.75, 3.05) is 11.5 Å². The fourth-order valence-electron chi connectivity index (χ4n) is 2.00. The quantitative estimate of drug-likeness (QED) is 0.264.